The first kappa shape index (κ1) is 17.2. The van der Waals surface area contributed by atoms with E-state index in [4.69, 9.17) is 4.74 Å². The Morgan fingerprint density at radius 1 is 1.20 bits per heavy atom. The predicted octanol–water partition coefficient (Wildman–Crippen LogP) is 0.747. The molecule has 7 nitrogen and oxygen atoms in total. The van der Waals surface area contributed by atoms with Crippen LogP contribution in [0.2, 0.25) is 0 Å². The number of methoxy groups -OCH3 is 1. The summed E-state index contributed by atoms with van der Waals surface area (Å²) < 4.78 is 5.24. The first-order valence-corrected chi connectivity index (χ1v) is 8.28. The summed E-state index contributed by atoms with van der Waals surface area (Å²) >= 11 is 0. The highest BCUT2D eigenvalue weighted by molar-refractivity contribution is 6.06. The number of ether oxygens (including phenoxy) is 1. The van der Waals surface area contributed by atoms with Gasteiger partial charge in [0.2, 0.25) is 11.8 Å². The molecular weight excluding hydrogens is 320 g/mol. The molecule has 1 aromatic heterocycles. The molecule has 0 radical (unpaired) electrons. The highest BCUT2D eigenvalue weighted by Crippen LogP contribution is 2.23. The molecule has 2 heterocycles. The van der Waals surface area contributed by atoms with Gasteiger partial charge in [0.25, 0.3) is 5.91 Å². The first-order chi connectivity index (χ1) is 12.1. The van der Waals surface area contributed by atoms with Gasteiger partial charge in [-0.15, -0.1) is 0 Å². The summed E-state index contributed by atoms with van der Waals surface area (Å²) in [6, 6.07) is 9.25. The highest BCUT2D eigenvalue weighted by atomic mass is 16.5. The van der Waals surface area contributed by atoms with Crippen LogP contribution in [0.15, 0.2) is 30.3 Å². The molecule has 1 aromatic carbocycles. The number of rotatable bonds is 4. The van der Waals surface area contributed by atoms with Gasteiger partial charge in [-0.05, 0) is 6.07 Å². The highest BCUT2D eigenvalue weighted by Gasteiger charge is 2.25. The van der Waals surface area contributed by atoms with Crippen LogP contribution in [0.5, 0.6) is 5.88 Å². The van der Waals surface area contributed by atoms with Gasteiger partial charge in [0.1, 0.15) is 0 Å². The second-order valence-electron chi connectivity index (χ2n) is 5.97. The second-order valence-corrected chi connectivity index (χ2v) is 5.97. The van der Waals surface area contributed by atoms with Gasteiger partial charge in [0.05, 0.1) is 24.7 Å². The van der Waals surface area contributed by atoms with E-state index in [2.05, 4.69) is 10.3 Å². The van der Waals surface area contributed by atoms with Crippen molar-refractivity contribution in [3.63, 3.8) is 0 Å². The number of fused-ring (bicyclic) bond motifs is 1. The normalized spacial score (nSPS) is 15.2. The molecule has 0 saturated carbocycles. The van der Waals surface area contributed by atoms with E-state index in [1.165, 1.54) is 0 Å². The van der Waals surface area contributed by atoms with Crippen LogP contribution in [-0.4, -0.2) is 73.5 Å². The van der Waals surface area contributed by atoms with Crippen molar-refractivity contribution in [2.75, 3.05) is 46.9 Å². The molecule has 0 atom stereocenters. The van der Waals surface area contributed by atoms with E-state index in [1.807, 2.05) is 34.1 Å². The van der Waals surface area contributed by atoms with Crippen LogP contribution in [0, 0.1) is 0 Å². The van der Waals surface area contributed by atoms with Crippen LogP contribution in [0.25, 0.3) is 10.9 Å². The fraction of sp³-hybridized carbons (Fsp3) is 0.389. The summed E-state index contributed by atoms with van der Waals surface area (Å²) in [6.07, 6.45) is 0. The second kappa shape index (κ2) is 7.48. The van der Waals surface area contributed by atoms with Gasteiger partial charge in [0.15, 0.2) is 0 Å². The van der Waals surface area contributed by atoms with Crippen molar-refractivity contribution in [1.82, 2.24) is 20.1 Å². The first-order valence-electron chi connectivity index (χ1n) is 8.28. The Morgan fingerprint density at radius 2 is 1.92 bits per heavy atom. The minimum atomic E-state index is -0.0310. The third-order valence-corrected chi connectivity index (χ3v) is 4.44. The average Bonchev–Trinajstić information content (AvgIpc) is 2.67. The summed E-state index contributed by atoms with van der Waals surface area (Å²) in [5.74, 6) is 0.390. The Balaban J connectivity index is 1.78. The Hall–Kier alpha value is -2.67. The number of para-hydroxylation sites is 1. The van der Waals surface area contributed by atoms with Crippen LogP contribution in [-0.2, 0) is 4.79 Å². The number of likely N-dealkylation sites (N-methyl/N-ethyl adjacent to an activating group) is 1. The van der Waals surface area contributed by atoms with Crippen LogP contribution in [0.3, 0.4) is 0 Å². The molecule has 1 aliphatic rings. The third-order valence-electron chi connectivity index (χ3n) is 4.44. The number of nitrogens with one attached hydrogen (secondary N) is 1. The summed E-state index contributed by atoms with van der Waals surface area (Å²) in [5, 5.41) is 3.44. The fourth-order valence-electron chi connectivity index (χ4n) is 2.99. The number of aromatic nitrogens is 1. The molecule has 0 bridgehead atoms. The summed E-state index contributed by atoms with van der Waals surface area (Å²) in [5.41, 5.74) is 1.34. The van der Waals surface area contributed by atoms with E-state index < -0.39 is 0 Å². The lowest BCUT2D eigenvalue weighted by Crippen LogP contribution is -2.50. The standard InChI is InChI=1S/C18H22N4O3/c1-19-16(23)12-21-7-9-22(10-8-21)18(24)14-11-17(25-2)20-15-6-4-3-5-13(14)15/h3-6,11H,7-10,12H2,1-2H3,(H,19,23). The zero-order valence-electron chi connectivity index (χ0n) is 14.5. The molecule has 25 heavy (non-hydrogen) atoms. The quantitative estimate of drug-likeness (QED) is 0.887. The molecule has 1 N–H and O–H groups in total. The maximum atomic E-state index is 13.0. The molecule has 0 spiro atoms. The van der Waals surface area contributed by atoms with Crippen LogP contribution < -0.4 is 10.1 Å². The predicted molar refractivity (Wildman–Crippen MR) is 94.7 cm³/mol. The number of carbonyl (C=O) groups is 2. The number of pyridine rings is 1. The minimum Gasteiger partial charge on any atom is -0.481 e. The van der Waals surface area contributed by atoms with Crippen LogP contribution in [0.1, 0.15) is 10.4 Å². The van der Waals surface area contributed by atoms with Gasteiger partial charge in [-0.1, -0.05) is 18.2 Å². The van der Waals surface area contributed by atoms with Gasteiger partial charge in [-0.25, -0.2) is 4.98 Å². The molecule has 2 aromatic rings. The number of amides is 2. The van der Waals surface area contributed by atoms with E-state index in [-0.39, 0.29) is 11.8 Å². The van der Waals surface area contributed by atoms with E-state index in [1.54, 1.807) is 20.2 Å². The third kappa shape index (κ3) is 3.71. The Bertz CT molecular complexity index is 785. The van der Waals surface area contributed by atoms with Gasteiger partial charge in [-0.2, -0.15) is 0 Å². The van der Waals surface area contributed by atoms with Crippen LogP contribution >= 0.6 is 0 Å². The largest absolute Gasteiger partial charge is 0.481 e. The number of piperazine rings is 1. The van der Waals surface area contributed by atoms with Gasteiger partial charge < -0.3 is 15.0 Å². The number of benzene rings is 1. The maximum Gasteiger partial charge on any atom is 0.254 e. The lowest BCUT2D eigenvalue weighted by molar-refractivity contribution is -0.122. The van der Waals surface area contributed by atoms with Crippen molar-refractivity contribution >= 4 is 22.7 Å². The summed E-state index contributed by atoms with van der Waals surface area (Å²) in [4.78, 5) is 32.8. The van der Waals surface area contributed by atoms with Crippen molar-refractivity contribution in [3.8, 4) is 5.88 Å². The maximum absolute atomic E-state index is 13.0. The zero-order valence-corrected chi connectivity index (χ0v) is 14.5. The van der Waals surface area contributed by atoms with E-state index >= 15 is 0 Å². The van der Waals surface area contributed by atoms with Crippen molar-refractivity contribution in [2.24, 2.45) is 0 Å². The molecule has 3 rings (SSSR count). The molecular formula is C18H22N4O3. The monoisotopic (exact) mass is 342 g/mol. The molecule has 1 aliphatic heterocycles. The molecule has 0 unspecified atom stereocenters. The molecule has 132 valence electrons. The van der Waals surface area contributed by atoms with E-state index in [0.717, 1.165) is 10.9 Å². The number of carbonyl (C=O) groups excluding carboxylic acids is 2. The van der Waals surface area contributed by atoms with Crippen molar-refractivity contribution in [1.29, 1.82) is 0 Å². The molecule has 7 heteroatoms. The SMILES string of the molecule is CNC(=O)CN1CCN(C(=O)c2cc(OC)nc3ccccc23)CC1. The average molecular weight is 342 g/mol. The van der Waals surface area contributed by atoms with Gasteiger partial charge >= 0.3 is 0 Å². The van der Waals surface area contributed by atoms with Crippen molar-refractivity contribution < 1.29 is 14.3 Å². The van der Waals surface area contributed by atoms with Gasteiger partial charge in [0, 0.05) is 44.7 Å². The Labute approximate surface area is 146 Å². The zero-order chi connectivity index (χ0) is 17.8. The van der Waals surface area contributed by atoms with Crippen LogP contribution in [0.4, 0.5) is 0 Å². The lowest BCUT2D eigenvalue weighted by atomic mass is 10.1. The van der Waals surface area contributed by atoms with E-state index in [0.29, 0.717) is 44.2 Å². The number of hydrogen-bond donors (Lipinski definition) is 1. The summed E-state index contributed by atoms with van der Waals surface area (Å²) in [6.45, 7) is 2.91. The lowest BCUT2D eigenvalue weighted by Gasteiger charge is -2.34. The van der Waals surface area contributed by atoms with E-state index in [9.17, 15) is 9.59 Å². The molecule has 0 aliphatic carbocycles. The Kier molecular flexibility index (Phi) is 5.14. The number of hydrogen-bond acceptors (Lipinski definition) is 5. The molecule has 2 amide bonds. The van der Waals surface area contributed by atoms with Crippen molar-refractivity contribution in [3.05, 3.63) is 35.9 Å². The minimum absolute atomic E-state index is 0.00959. The topological polar surface area (TPSA) is 74.8 Å². The fourth-order valence-corrected chi connectivity index (χ4v) is 2.99. The Morgan fingerprint density at radius 3 is 2.60 bits per heavy atom. The summed E-state index contributed by atoms with van der Waals surface area (Å²) in [7, 11) is 3.17. The van der Waals surface area contributed by atoms with Gasteiger partial charge in [-0.3, -0.25) is 14.5 Å². The number of nitrogens with zero attached hydrogens (tertiary/aromatic N) is 3. The van der Waals surface area contributed by atoms with Crippen molar-refractivity contribution in [2.45, 2.75) is 0 Å². The molecule has 1 fully saturated rings. The molecule has 1 saturated heterocycles. The smallest absolute Gasteiger partial charge is 0.254 e.